The van der Waals surface area contributed by atoms with Crippen molar-refractivity contribution in [3.05, 3.63) is 57.3 Å². The van der Waals surface area contributed by atoms with E-state index in [0.29, 0.717) is 30.9 Å². The molecule has 0 atom stereocenters. The highest BCUT2D eigenvalue weighted by Gasteiger charge is 2.31. The van der Waals surface area contributed by atoms with Crippen LogP contribution in [0.1, 0.15) is 42.4 Å². The fourth-order valence-corrected chi connectivity index (χ4v) is 2.96. The number of rotatable bonds is 4. The van der Waals surface area contributed by atoms with Crippen LogP contribution < -0.4 is 10.3 Å². The van der Waals surface area contributed by atoms with Crippen LogP contribution in [0.2, 0.25) is 0 Å². The number of halogens is 3. The van der Waals surface area contributed by atoms with Gasteiger partial charge in [0.25, 0.3) is 5.56 Å². The van der Waals surface area contributed by atoms with Crippen LogP contribution in [-0.2, 0) is 19.5 Å². The Morgan fingerprint density at radius 2 is 1.96 bits per heavy atom. The van der Waals surface area contributed by atoms with Gasteiger partial charge in [-0.15, -0.1) is 13.2 Å². The van der Waals surface area contributed by atoms with Gasteiger partial charge in [-0.1, -0.05) is 26.0 Å². The van der Waals surface area contributed by atoms with Crippen LogP contribution in [0.15, 0.2) is 29.1 Å². The van der Waals surface area contributed by atoms with Crippen molar-refractivity contribution in [2.24, 2.45) is 0 Å². The molecule has 8 heteroatoms. The minimum absolute atomic E-state index is 0.114. The van der Waals surface area contributed by atoms with Crippen LogP contribution in [0.4, 0.5) is 13.2 Å². The van der Waals surface area contributed by atoms with Gasteiger partial charge >= 0.3 is 6.36 Å². The molecule has 2 heterocycles. The number of fused-ring (bicyclic) bond motifs is 1. The van der Waals surface area contributed by atoms with E-state index in [-0.39, 0.29) is 17.2 Å². The summed E-state index contributed by atoms with van der Waals surface area (Å²) in [6.45, 7) is 5.70. The van der Waals surface area contributed by atoms with E-state index in [4.69, 9.17) is 0 Å². The second-order valence-electron chi connectivity index (χ2n) is 6.68. The van der Waals surface area contributed by atoms with Gasteiger partial charge < -0.3 is 9.72 Å². The summed E-state index contributed by atoms with van der Waals surface area (Å²) in [7, 11) is 0. The molecule has 26 heavy (non-hydrogen) atoms. The van der Waals surface area contributed by atoms with Crippen molar-refractivity contribution in [2.75, 3.05) is 6.54 Å². The van der Waals surface area contributed by atoms with Crippen LogP contribution in [0.3, 0.4) is 0 Å². The summed E-state index contributed by atoms with van der Waals surface area (Å²) in [4.78, 5) is 21.8. The zero-order chi connectivity index (χ0) is 18.9. The Hall–Kier alpha value is -2.35. The van der Waals surface area contributed by atoms with Crippen molar-refractivity contribution in [3.8, 4) is 5.75 Å². The number of benzene rings is 1. The largest absolute Gasteiger partial charge is 0.573 e. The molecule has 1 aliphatic rings. The van der Waals surface area contributed by atoms with Crippen molar-refractivity contribution in [3.63, 3.8) is 0 Å². The molecule has 0 amide bonds. The summed E-state index contributed by atoms with van der Waals surface area (Å²) in [6.07, 6.45) is -4.02. The van der Waals surface area contributed by atoms with E-state index in [0.717, 1.165) is 17.8 Å². The van der Waals surface area contributed by atoms with Gasteiger partial charge in [-0.05, 0) is 17.7 Å². The summed E-state index contributed by atoms with van der Waals surface area (Å²) >= 11 is 0. The van der Waals surface area contributed by atoms with Crippen molar-refractivity contribution >= 4 is 0 Å². The predicted octanol–water partition coefficient (Wildman–Crippen LogP) is 3.35. The fraction of sp³-hybridized carbons (Fsp3) is 0.444. The van der Waals surface area contributed by atoms with E-state index in [2.05, 4.69) is 19.6 Å². The van der Waals surface area contributed by atoms with Crippen LogP contribution >= 0.6 is 0 Å². The second-order valence-corrected chi connectivity index (χ2v) is 6.68. The Balaban J connectivity index is 1.69. The third-order valence-electron chi connectivity index (χ3n) is 4.28. The molecule has 0 saturated heterocycles. The minimum Gasteiger partial charge on any atom is -0.406 e. The molecule has 0 aliphatic carbocycles. The molecule has 1 aromatic carbocycles. The molecular weight excluding hydrogens is 347 g/mol. The molecule has 1 aliphatic heterocycles. The molecule has 3 rings (SSSR count). The molecule has 0 unspecified atom stereocenters. The first-order valence-corrected chi connectivity index (χ1v) is 8.40. The number of nitrogens with one attached hydrogen (secondary N) is 1. The van der Waals surface area contributed by atoms with E-state index in [1.807, 2.05) is 13.8 Å². The highest BCUT2D eigenvalue weighted by atomic mass is 19.4. The first kappa shape index (κ1) is 18.4. The van der Waals surface area contributed by atoms with Gasteiger partial charge in [-0.3, -0.25) is 9.69 Å². The Morgan fingerprint density at radius 3 is 2.58 bits per heavy atom. The maximum absolute atomic E-state index is 12.3. The van der Waals surface area contributed by atoms with E-state index in [9.17, 15) is 18.0 Å². The molecule has 0 bridgehead atoms. The van der Waals surface area contributed by atoms with Gasteiger partial charge in [-0.25, -0.2) is 4.98 Å². The Labute approximate surface area is 148 Å². The van der Waals surface area contributed by atoms with Crippen molar-refractivity contribution < 1.29 is 17.9 Å². The smallest absolute Gasteiger partial charge is 0.406 e. The number of nitrogens with zero attached hydrogens (tertiary/aromatic N) is 2. The third kappa shape index (κ3) is 4.43. The quantitative estimate of drug-likeness (QED) is 0.900. The molecule has 0 radical (unpaired) electrons. The average molecular weight is 367 g/mol. The number of H-pyrrole nitrogens is 1. The van der Waals surface area contributed by atoms with Gasteiger partial charge in [0.05, 0.1) is 11.3 Å². The van der Waals surface area contributed by atoms with Crippen molar-refractivity contribution in [2.45, 2.75) is 45.6 Å². The van der Waals surface area contributed by atoms with Gasteiger partial charge in [-0.2, -0.15) is 0 Å². The number of hydrogen-bond acceptors (Lipinski definition) is 4. The SMILES string of the molecule is CC(C)c1nc2c(c(=O)[nH]1)CN(Cc1ccc(OC(F)(F)F)cc1)CC2. The van der Waals surface area contributed by atoms with E-state index in [1.54, 1.807) is 12.1 Å². The summed E-state index contributed by atoms with van der Waals surface area (Å²) in [5.74, 6) is 0.609. The summed E-state index contributed by atoms with van der Waals surface area (Å²) in [5, 5.41) is 0. The number of aromatic amines is 1. The zero-order valence-corrected chi connectivity index (χ0v) is 14.6. The standard InChI is InChI=1S/C18H20F3N3O2/c1-11(2)16-22-15-7-8-24(10-14(15)17(25)23-16)9-12-3-5-13(6-4-12)26-18(19,20)21/h3-6,11H,7-10H2,1-2H3,(H,22,23,25). The van der Waals surface area contributed by atoms with Crippen LogP contribution in [0.25, 0.3) is 0 Å². The lowest BCUT2D eigenvalue weighted by atomic mass is 10.0. The predicted molar refractivity (Wildman–Crippen MR) is 89.9 cm³/mol. The van der Waals surface area contributed by atoms with E-state index < -0.39 is 6.36 Å². The lowest BCUT2D eigenvalue weighted by Crippen LogP contribution is -2.35. The number of hydrogen-bond donors (Lipinski definition) is 1. The first-order valence-electron chi connectivity index (χ1n) is 8.40. The van der Waals surface area contributed by atoms with Gasteiger partial charge in [0.2, 0.25) is 0 Å². The van der Waals surface area contributed by atoms with Gasteiger partial charge in [0.15, 0.2) is 0 Å². The van der Waals surface area contributed by atoms with E-state index in [1.165, 1.54) is 12.1 Å². The maximum atomic E-state index is 12.3. The molecule has 0 saturated carbocycles. The average Bonchev–Trinajstić information content (AvgIpc) is 2.55. The third-order valence-corrected chi connectivity index (χ3v) is 4.28. The lowest BCUT2D eigenvalue weighted by Gasteiger charge is -2.28. The Kier molecular flexibility index (Phi) is 5.04. The molecule has 1 N–H and O–H groups in total. The summed E-state index contributed by atoms with van der Waals surface area (Å²) < 4.78 is 40.5. The fourth-order valence-electron chi connectivity index (χ4n) is 2.96. The highest BCUT2D eigenvalue weighted by Crippen LogP contribution is 2.24. The maximum Gasteiger partial charge on any atom is 0.573 e. The van der Waals surface area contributed by atoms with Crippen molar-refractivity contribution in [1.82, 2.24) is 14.9 Å². The molecular formula is C18H20F3N3O2. The first-order chi connectivity index (χ1) is 12.2. The molecule has 0 spiro atoms. The molecule has 1 aromatic heterocycles. The molecule has 5 nitrogen and oxygen atoms in total. The van der Waals surface area contributed by atoms with Crippen LogP contribution in [0, 0.1) is 0 Å². The molecule has 140 valence electrons. The summed E-state index contributed by atoms with van der Waals surface area (Å²) in [5.41, 5.74) is 2.24. The second kappa shape index (κ2) is 7.11. The molecule has 0 fully saturated rings. The van der Waals surface area contributed by atoms with Crippen molar-refractivity contribution in [1.29, 1.82) is 0 Å². The lowest BCUT2D eigenvalue weighted by molar-refractivity contribution is -0.274. The zero-order valence-electron chi connectivity index (χ0n) is 14.6. The molecule has 2 aromatic rings. The topological polar surface area (TPSA) is 58.2 Å². The number of ether oxygens (including phenoxy) is 1. The Bertz CT molecular complexity index is 829. The van der Waals surface area contributed by atoms with Crippen LogP contribution in [0.5, 0.6) is 5.75 Å². The minimum atomic E-state index is -4.69. The van der Waals surface area contributed by atoms with E-state index >= 15 is 0 Å². The highest BCUT2D eigenvalue weighted by molar-refractivity contribution is 5.28. The number of alkyl halides is 3. The van der Waals surface area contributed by atoms with Gasteiger partial charge in [0.1, 0.15) is 11.6 Å². The van der Waals surface area contributed by atoms with Gasteiger partial charge in [0, 0.05) is 32.0 Å². The summed E-state index contributed by atoms with van der Waals surface area (Å²) in [6, 6.07) is 5.79. The van der Waals surface area contributed by atoms with Crippen LogP contribution in [-0.4, -0.2) is 27.8 Å². The monoisotopic (exact) mass is 367 g/mol. The number of aromatic nitrogens is 2. The normalized spacial score (nSPS) is 15.2. The Morgan fingerprint density at radius 1 is 1.27 bits per heavy atom.